The molecule has 0 bridgehead atoms. The molecular weight excluding hydrogens is 414 g/mol. The highest BCUT2D eigenvalue weighted by Crippen LogP contribution is 2.29. The third-order valence-electron chi connectivity index (χ3n) is 4.54. The van der Waals surface area contributed by atoms with Crippen molar-refractivity contribution in [2.24, 2.45) is 5.10 Å². The van der Waals surface area contributed by atoms with Gasteiger partial charge >= 0.3 is 5.97 Å². The Labute approximate surface area is 182 Å². The maximum Gasteiger partial charge on any atom is 0.353 e. The van der Waals surface area contributed by atoms with Crippen molar-refractivity contribution < 1.29 is 19.1 Å². The number of hydrogen-bond donors (Lipinski definition) is 2. The van der Waals surface area contributed by atoms with Crippen molar-refractivity contribution in [2.45, 2.75) is 6.42 Å². The van der Waals surface area contributed by atoms with Gasteiger partial charge in [0.25, 0.3) is 0 Å². The standard InChI is InChI=1S/C23H19N3O4S/c1-29-20-11-15(8-9-19(20)30-23(28)21-7-4-10-31-21)13-25-26-22(27)12-16-14-24-18-6-3-2-5-17(16)18/h2-11,13-14,24H,12H2,1H3,(H,26,27)/b25-13+. The number of nitrogens with one attached hydrogen (secondary N) is 2. The van der Waals surface area contributed by atoms with Gasteiger partial charge in [0.2, 0.25) is 5.91 Å². The number of fused-ring (bicyclic) bond motifs is 1. The maximum atomic E-state index is 12.2. The van der Waals surface area contributed by atoms with Crippen LogP contribution in [0.15, 0.2) is 71.3 Å². The highest BCUT2D eigenvalue weighted by molar-refractivity contribution is 7.12. The number of nitrogens with zero attached hydrogens (tertiary/aromatic N) is 1. The van der Waals surface area contributed by atoms with E-state index in [0.717, 1.165) is 16.5 Å². The highest BCUT2D eigenvalue weighted by Gasteiger charge is 2.13. The number of hydrogen-bond acceptors (Lipinski definition) is 6. The van der Waals surface area contributed by atoms with Crippen molar-refractivity contribution in [1.82, 2.24) is 10.4 Å². The lowest BCUT2D eigenvalue weighted by atomic mass is 10.1. The molecule has 2 aromatic heterocycles. The number of carbonyl (C=O) groups is 2. The van der Waals surface area contributed by atoms with E-state index in [2.05, 4.69) is 15.5 Å². The number of methoxy groups -OCH3 is 1. The molecule has 2 heterocycles. The Balaban J connectivity index is 1.38. The van der Waals surface area contributed by atoms with E-state index in [-0.39, 0.29) is 12.3 Å². The Hall–Kier alpha value is -3.91. The average Bonchev–Trinajstić information content (AvgIpc) is 3.45. The summed E-state index contributed by atoms with van der Waals surface area (Å²) in [6.07, 6.45) is 3.54. The van der Waals surface area contributed by atoms with Crippen LogP contribution in [0.5, 0.6) is 11.5 Å². The molecule has 0 radical (unpaired) electrons. The van der Waals surface area contributed by atoms with E-state index in [1.54, 1.807) is 35.7 Å². The SMILES string of the molecule is COc1cc(/C=N/NC(=O)Cc2c[nH]c3ccccc23)ccc1OC(=O)c1cccs1. The fourth-order valence-corrected chi connectivity index (χ4v) is 3.66. The summed E-state index contributed by atoms with van der Waals surface area (Å²) in [6.45, 7) is 0. The molecule has 2 aromatic carbocycles. The normalized spacial score (nSPS) is 11.0. The number of thiophene rings is 1. The molecule has 0 aliphatic rings. The van der Waals surface area contributed by atoms with Crippen LogP contribution in [0, 0.1) is 0 Å². The number of carbonyl (C=O) groups excluding carboxylic acids is 2. The second kappa shape index (κ2) is 9.27. The molecule has 0 unspecified atom stereocenters. The minimum absolute atomic E-state index is 0.211. The largest absolute Gasteiger partial charge is 0.493 e. The Morgan fingerprint density at radius 1 is 1.13 bits per heavy atom. The van der Waals surface area contributed by atoms with Crippen molar-refractivity contribution in [3.8, 4) is 11.5 Å². The van der Waals surface area contributed by atoms with E-state index in [0.29, 0.717) is 21.9 Å². The molecule has 1 amide bonds. The molecule has 0 saturated carbocycles. The molecule has 2 N–H and O–H groups in total. The topological polar surface area (TPSA) is 92.8 Å². The van der Waals surface area contributed by atoms with Crippen molar-refractivity contribution >= 4 is 40.3 Å². The molecule has 156 valence electrons. The summed E-state index contributed by atoms with van der Waals surface area (Å²) < 4.78 is 10.7. The molecule has 0 atom stereocenters. The molecule has 0 aliphatic heterocycles. The molecular formula is C23H19N3O4S. The zero-order valence-electron chi connectivity index (χ0n) is 16.6. The van der Waals surface area contributed by atoms with Crippen LogP contribution in [0.1, 0.15) is 20.8 Å². The first-order valence-corrected chi connectivity index (χ1v) is 10.3. The minimum atomic E-state index is -0.445. The zero-order chi connectivity index (χ0) is 21.6. The van der Waals surface area contributed by atoms with Crippen LogP contribution < -0.4 is 14.9 Å². The van der Waals surface area contributed by atoms with Crippen LogP contribution in [0.3, 0.4) is 0 Å². The molecule has 7 nitrogen and oxygen atoms in total. The molecule has 0 spiro atoms. The molecule has 0 aliphatic carbocycles. The molecule has 8 heteroatoms. The second-order valence-electron chi connectivity index (χ2n) is 6.61. The van der Waals surface area contributed by atoms with Gasteiger partial charge in [-0.3, -0.25) is 4.79 Å². The number of benzene rings is 2. The quantitative estimate of drug-likeness (QED) is 0.198. The molecule has 4 rings (SSSR count). The van der Waals surface area contributed by atoms with E-state index in [1.165, 1.54) is 24.7 Å². The minimum Gasteiger partial charge on any atom is -0.493 e. The second-order valence-corrected chi connectivity index (χ2v) is 7.55. The van der Waals surface area contributed by atoms with Gasteiger partial charge in [0.15, 0.2) is 11.5 Å². The van der Waals surface area contributed by atoms with E-state index in [4.69, 9.17) is 9.47 Å². The summed E-state index contributed by atoms with van der Waals surface area (Å²) in [7, 11) is 1.49. The molecule has 0 fully saturated rings. The lowest BCUT2D eigenvalue weighted by Gasteiger charge is -2.09. The number of H-pyrrole nitrogens is 1. The van der Waals surface area contributed by atoms with E-state index in [1.807, 2.05) is 30.5 Å². The predicted molar refractivity (Wildman–Crippen MR) is 120 cm³/mol. The Bertz CT molecular complexity index is 1240. The van der Waals surface area contributed by atoms with Gasteiger partial charge in [0.1, 0.15) is 4.88 Å². The van der Waals surface area contributed by atoms with Gasteiger partial charge in [-0.15, -0.1) is 11.3 Å². The van der Waals surface area contributed by atoms with Crippen LogP contribution >= 0.6 is 11.3 Å². The Morgan fingerprint density at radius 3 is 2.81 bits per heavy atom. The summed E-state index contributed by atoms with van der Waals surface area (Å²) in [5.41, 5.74) is 5.10. The first kappa shape index (κ1) is 20.4. The smallest absolute Gasteiger partial charge is 0.353 e. The van der Waals surface area contributed by atoms with Crippen LogP contribution in [0.4, 0.5) is 0 Å². The fraction of sp³-hybridized carbons (Fsp3) is 0.0870. The summed E-state index contributed by atoms with van der Waals surface area (Å²) >= 11 is 1.30. The van der Waals surface area contributed by atoms with Gasteiger partial charge in [0.05, 0.1) is 19.7 Å². The fourth-order valence-electron chi connectivity index (χ4n) is 3.06. The molecule has 31 heavy (non-hydrogen) atoms. The number of amides is 1. The van der Waals surface area contributed by atoms with Gasteiger partial charge in [-0.05, 0) is 46.8 Å². The number of esters is 1. The monoisotopic (exact) mass is 433 g/mol. The maximum absolute atomic E-state index is 12.2. The Morgan fingerprint density at radius 2 is 2.00 bits per heavy atom. The average molecular weight is 433 g/mol. The lowest BCUT2D eigenvalue weighted by Crippen LogP contribution is -2.19. The van der Waals surface area contributed by atoms with Crippen molar-refractivity contribution in [3.63, 3.8) is 0 Å². The van der Waals surface area contributed by atoms with Crippen LogP contribution in [0.25, 0.3) is 10.9 Å². The number of para-hydroxylation sites is 1. The van der Waals surface area contributed by atoms with Crippen LogP contribution in [-0.2, 0) is 11.2 Å². The van der Waals surface area contributed by atoms with Gasteiger partial charge in [-0.25, -0.2) is 10.2 Å². The summed E-state index contributed by atoms with van der Waals surface area (Å²) in [5, 5.41) is 6.83. The third kappa shape index (κ3) is 4.81. The first-order chi connectivity index (χ1) is 15.1. The number of aromatic nitrogens is 1. The third-order valence-corrected chi connectivity index (χ3v) is 5.39. The van der Waals surface area contributed by atoms with E-state index < -0.39 is 5.97 Å². The number of hydrazone groups is 1. The van der Waals surface area contributed by atoms with Crippen molar-refractivity contribution in [2.75, 3.05) is 7.11 Å². The molecule has 0 saturated heterocycles. The van der Waals surface area contributed by atoms with E-state index >= 15 is 0 Å². The van der Waals surface area contributed by atoms with Gasteiger partial charge in [0, 0.05) is 17.1 Å². The lowest BCUT2D eigenvalue weighted by molar-refractivity contribution is -0.120. The van der Waals surface area contributed by atoms with E-state index in [9.17, 15) is 9.59 Å². The summed E-state index contributed by atoms with van der Waals surface area (Å²) in [6, 6.07) is 16.3. The van der Waals surface area contributed by atoms with Gasteiger partial charge < -0.3 is 14.5 Å². The molecule has 4 aromatic rings. The highest BCUT2D eigenvalue weighted by atomic mass is 32.1. The van der Waals surface area contributed by atoms with Crippen molar-refractivity contribution in [1.29, 1.82) is 0 Å². The zero-order valence-corrected chi connectivity index (χ0v) is 17.4. The Kier molecular flexibility index (Phi) is 6.09. The summed E-state index contributed by atoms with van der Waals surface area (Å²) in [4.78, 5) is 28.0. The number of aromatic amines is 1. The number of ether oxygens (including phenoxy) is 2. The van der Waals surface area contributed by atoms with Crippen molar-refractivity contribution in [3.05, 3.63) is 82.2 Å². The number of rotatable bonds is 7. The first-order valence-electron chi connectivity index (χ1n) is 9.44. The van der Waals surface area contributed by atoms with Crippen LogP contribution in [0.2, 0.25) is 0 Å². The van der Waals surface area contributed by atoms with Gasteiger partial charge in [-0.1, -0.05) is 24.3 Å². The summed E-state index contributed by atoms with van der Waals surface area (Å²) in [5.74, 6) is 0.0223. The predicted octanol–water partition coefficient (Wildman–Crippen LogP) is 4.15. The van der Waals surface area contributed by atoms with Crippen LogP contribution in [-0.4, -0.2) is 30.2 Å². The van der Waals surface area contributed by atoms with Gasteiger partial charge in [-0.2, -0.15) is 5.10 Å².